The van der Waals surface area contributed by atoms with E-state index in [1.165, 1.54) is 6.92 Å². The van der Waals surface area contributed by atoms with Gasteiger partial charge in [0.2, 0.25) is 5.91 Å². The minimum Gasteiger partial charge on any atom is -0.356 e. The van der Waals surface area contributed by atoms with Crippen LogP contribution in [0.15, 0.2) is 41.8 Å². The molecule has 1 aliphatic rings. The van der Waals surface area contributed by atoms with Crippen molar-refractivity contribution in [1.82, 2.24) is 20.2 Å². The number of amides is 2. The van der Waals surface area contributed by atoms with Crippen LogP contribution >= 0.6 is 11.3 Å². The molecule has 1 N–H and O–H groups in total. The first-order valence-corrected chi connectivity index (χ1v) is 10.8. The Morgan fingerprint density at radius 2 is 2.07 bits per heavy atom. The zero-order valence-corrected chi connectivity index (χ0v) is 17.2. The van der Waals surface area contributed by atoms with Crippen molar-refractivity contribution in [2.45, 2.75) is 32.1 Å². The summed E-state index contributed by atoms with van der Waals surface area (Å²) in [5, 5.41) is 6.97. The lowest BCUT2D eigenvalue weighted by atomic mass is 9.98. The highest BCUT2D eigenvalue weighted by molar-refractivity contribution is 7.09. The van der Waals surface area contributed by atoms with Crippen LogP contribution in [0.5, 0.6) is 0 Å². The molecule has 0 radical (unpaired) electrons. The van der Waals surface area contributed by atoms with Crippen LogP contribution in [-0.2, 0) is 11.2 Å². The van der Waals surface area contributed by atoms with Crippen molar-refractivity contribution in [3.8, 4) is 0 Å². The van der Waals surface area contributed by atoms with Gasteiger partial charge in [-0.05, 0) is 25.0 Å². The summed E-state index contributed by atoms with van der Waals surface area (Å²) in [6.07, 6.45) is 2.73. The Hall–Kier alpha value is -2.80. The van der Waals surface area contributed by atoms with Gasteiger partial charge in [0.25, 0.3) is 5.91 Å². The average Bonchev–Trinajstić information content (AvgIpc) is 3.21. The van der Waals surface area contributed by atoms with Crippen molar-refractivity contribution >= 4 is 34.1 Å². The largest absolute Gasteiger partial charge is 0.356 e. The van der Waals surface area contributed by atoms with Crippen LogP contribution in [0.3, 0.4) is 0 Å². The molecule has 6 nitrogen and oxygen atoms in total. The Morgan fingerprint density at radius 3 is 2.93 bits per heavy atom. The smallest absolute Gasteiger partial charge is 0.272 e. The number of hydrogen-bond acceptors (Lipinski definition) is 5. The van der Waals surface area contributed by atoms with Crippen LogP contribution < -0.4 is 5.32 Å². The van der Waals surface area contributed by atoms with Crippen LogP contribution in [0.1, 0.15) is 46.9 Å². The predicted molar refractivity (Wildman–Crippen MR) is 114 cm³/mol. The fraction of sp³-hybridized carbons (Fsp3) is 0.364. The number of carbonyl (C=O) groups excluding carboxylic acids is 2. The fourth-order valence-corrected chi connectivity index (χ4v) is 4.68. The molecular weight excluding hydrogens is 384 g/mol. The molecule has 4 rings (SSSR count). The molecule has 0 aliphatic carbocycles. The number of likely N-dealkylation sites (tertiary alicyclic amines) is 1. The molecule has 7 heteroatoms. The summed E-state index contributed by atoms with van der Waals surface area (Å²) in [4.78, 5) is 35.3. The van der Waals surface area contributed by atoms with Crippen molar-refractivity contribution < 1.29 is 9.59 Å². The van der Waals surface area contributed by atoms with E-state index in [-0.39, 0.29) is 17.7 Å². The van der Waals surface area contributed by atoms with Crippen molar-refractivity contribution in [2.75, 3.05) is 19.6 Å². The number of rotatable bonds is 5. The molecule has 1 saturated heterocycles. The molecule has 150 valence electrons. The molecule has 1 aliphatic heterocycles. The summed E-state index contributed by atoms with van der Waals surface area (Å²) in [5.41, 5.74) is 2.34. The van der Waals surface area contributed by atoms with Gasteiger partial charge in [0.1, 0.15) is 5.69 Å². The van der Waals surface area contributed by atoms with E-state index in [9.17, 15) is 9.59 Å². The number of nitrogens with one attached hydrogen (secondary N) is 1. The molecule has 29 heavy (non-hydrogen) atoms. The molecule has 3 aromatic rings. The molecule has 1 unspecified atom stereocenters. The summed E-state index contributed by atoms with van der Waals surface area (Å²) in [6, 6.07) is 11.6. The van der Waals surface area contributed by atoms with E-state index in [4.69, 9.17) is 4.98 Å². The van der Waals surface area contributed by atoms with Crippen molar-refractivity contribution in [1.29, 1.82) is 0 Å². The standard InChI is InChI=1S/C22H24N4O2S/c1-15(27)23-11-10-18-14-29-21(24-18)17-6-4-12-26(13-17)22(28)20-9-8-16-5-2-3-7-19(16)25-20/h2-3,5,7-9,14,17H,4,6,10-13H2,1H3,(H,23,27). The zero-order chi connectivity index (χ0) is 20.2. The van der Waals surface area contributed by atoms with Gasteiger partial charge in [0, 0.05) is 49.7 Å². The van der Waals surface area contributed by atoms with E-state index in [2.05, 4.69) is 15.7 Å². The Kier molecular flexibility index (Phi) is 5.85. The second kappa shape index (κ2) is 8.69. The van der Waals surface area contributed by atoms with E-state index in [0.717, 1.165) is 47.4 Å². The molecule has 3 heterocycles. The quantitative estimate of drug-likeness (QED) is 0.702. The number of fused-ring (bicyclic) bond motifs is 1. The third kappa shape index (κ3) is 4.62. The second-order valence-corrected chi connectivity index (χ2v) is 8.28. The van der Waals surface area contributed by atoms with E-state index >= 15 is 0 Å². The van der Waals surface area contributed by atoms with Crippen LogP contribution in [0, 0.1) is 0 Å². The number of pyridine rings is 1. The van der Waals surface area contributed by atoms with E-state index in [0.29, 0.717) is 18.8 Å². The lowest BCUT2D eigenvalue weighted by molar-refractivity contribution is -0.118. The van der Waals surface area contributed by atoms with Gasteiger partial charge in [0.05, 0.1) is 16.2 Å². The highest BCUT2D eigenvalue weighted by Gasteiger charge is 2.28. The third-order valence-electron chi connectivity index (χ3n) is 5.20. The van der Waals surface area contributed by atoms with Crippen LogP contribution in [0.2, 0.25) is 0 Å². The van der Waals surface area contributed by atoms with Gasteiger partial charge in [0.15, 0.2) is 0 Å². The van der Waals surface area contributed by atoms with E-state index in [1.807, 2.05) is 41.3 Å². The summed E-state index contributed by atoms with van der Waals surface area (Å²) in [7, 11) is 0. The topological polar surface area (TPSA) is 75.2 Å². The summed E-state index contributed by atoms with van der Waals surface area (Å²) in [5.74, 6) is 0.222. The minimum atomic E-state index is -0.0239. The van der Waals surface area contributed by atoms with Crippen molar-refractivity contribution in [3.63, 3.8) is 0 Å². The lowest BCUT2D eigenvalue weighted by Gasteiger charge is -2.31. The first-order chi connectivity index (χ1) is 14.1. The molecule has 1 aromatic carbocycles. The van der Waals surface area contributed by atoms with Crippen LogP contribution in [-0.4, -0.2) is 46.3 Å². The van der Waals surface area contributed by atoms with Crippen molar-refractivity contribution in [3.05, 3.63) is 58.2 Å². The van der Waals surface area contributed by atoms with Crippen LogP contribution in [0.25, 0.3) is 10.9 Å². The Labute approximate surface area is 174 Å². The average molecular weight is 409 g/mol. The number of nitrogens with zero attached hydrogens (tertiary/aromatic N) is 3. The molecule has 1 atom stereocenters. The molecule has 2 amide bonds. The molecule has 2 aromatic heterocycles. The van der Waals surface area contributed by atoms with Gasteiger partial charge in [-0.2, -0.15) is 0 Å². The van der Waals surface area contributed by atoms with Crippen LogP contribution in [0.4, 0.5) is 0 Å². The molecule has 1 fully saturated rings. The number of hydrogen-bond donors (Lipinski definition) is 1. The Balaban J connectivity index is 1.43. The van der Waals surface area contributed by atoms with Gasteiger partial charge >= 0.3 is 0 Å². The van der Waals surface area contributed by atoms with E-state index in [1.54, 1.807) is 11.3 Å². The molecular formula is C22H24N4O2S. The van der Waals surface area contributed by atoms with Gasteiger partial charge in [-0.15, -0.1) is 11.3 Å². The van der Waals surface area contributed by atoms with Gasteiger partial charge in [-0.1, -0.05) is 24.3 Å². The predicted octanol–water partition coefficient (Wildman–Crippen LogP) is 3.39. The number of para-hydroxylation sites is 1. The van der Waals surface area contributed by atoms with Crippen molar-refractivity contribution in [2.24, 2.45) is 0 Å². The number of thiazole rings is 1. The number of carbonyl (C=O) groups is 2. The maximum atomic E-state index is 13.0. The summed E-state index contributed by atoms with van der Waals surface area (Å²) < 4.78 is 0. The fourth-order valence-electron chi connectivity index (χ4n) is 3.70. The first-order valence-electron chi connectivity index (χ1n) is 9.94. The van der Waals surface area contributed by atoms with Gasteiger partial charge < -0.3 is 10.2 Å². The summed E-state index contributed by atoms with van der Waals surface area (Å²) >= 11 is 1.65. The lowest BCUT2D eigenvalue weighted by Crippen LogP contribution is -2.39. The summed E-state index contributed by atoms with van der Waals surface area (Å²) in [6.45, 7) is 3.54. The number of benzene rings is 1. The normalized spacial score (nSPS) is 16.7. The Bertz CT molecular complexity index is 1030. The van der Waals surface area contributed by atoms with Gasteiger partial charge in [-0.25, -0.2) is 9.97 Å². The number of aromatic nitrogens is 2. The maximum Gasteiger partial charge on any atom is 0.272 e. The molecule has 0 saturated carbocycles. The molecule has 0 bridgehead atoms. The maximum absolute atomic E-state index is 13.0. The third-order valence-corrected chi connectivity index (χ3v) is 6.26. The Morgan fingerprint density at radius 1 is 1.21 bits per heavy atom. The second-order valence-electron chi connectivity index (χ2n) is 7.39. The highest BCUT2D eigenvalue weighted by atomic mass is 32.1. The van der Waals surface area contributed by atoms with E-state index < -0.39 is 0 Å². The first kappa shape index (κ1) is 19.5. The van der Waals surface area contributed by atoms with Gasteiger partial charge in [-0.3, -0.25) is 9.59 Å². The minimum absolute atomic E-state index is 0.0112. The number of piperidine rings is 1. The highest BCUT2D eigenvalue weighted by Crippen LogP contribution is 2.30. The monoisotopic (exact) mass is 408 g/mol. The SMILES string of the molecule is CC(=O)NCCc1csc(C2CCCN(C(=O)c3ccc4ccccc4n3)C2)n1. The molecule has 0 spiro atoms. The zero-order valence-electron chi connectivity index (χ0n) is 16.4.